The number of halogens is 1. The number of aromatic amines is 1. The van der Waals surface area contributed by atoms with Gasteiger partial charge in [-0.3, -0.25) is 0 Å². The molecule has 3 heteroatoms. The van der Waals surface area contributed by atoms with Crippen molar-refractivity contribution in [2.75, 3.05) is 13.6 Å². The maximum atomic E-state index is 13.3. The minimum atomic E-state index is -0.143. The molecule has 2 N–H and O–H groups in total. The molecule has 0 radical (unpaired) electrons. The Balaban J connectivity index is 2.15. The molecule has 1 heterocycles. The maximum Gasteiger partial charge on any atom is 0.123 e. The lowest BCUT2D eigenvalue weighted by Gasteiger charge is -2.22. The van der Waals surface area contributed by atoms with Crippen molar-refractivity contribution in [2.24, 2.45) is 0 Å². The Morgan fingerprint density at radius 2 is 2.35 bits per heavy atom. The van der Waals surface area contributed by atoms with Crippen molar-refractivity contribution >= 4 is 10.9 Å². The maximum absolute atomic E-state index is 13.3. The Kier molecular flexibility index (Phi) is 2.63. The van der Waals surface area contributed by atoms with Gasteiger partial charge < -0.3 is 10.3 Å². The van der Waals surface area contributed by atoms with Crippen LogP contribution in [-0.2, 0) is 6.42 Å². The SMILES string of the molecule is CNCC1CCCc2c1[nH]c1ccc(F)cc21. The van der Waals surface area contributed by atoms with Crippen LogP contribution in [0.25, 0.3) is 10.9 Å². The first kappa shape index (κ1) is 10.8. The number of likely N-dealkylation sites (N-methyl/N-ethyl adjacent to an activating group) is 1. The summed E-state index contributed by atoms with van der Waals surface area (Å²) in [5.74, 6) is 0.397. The van der Waals surface area contributed by atoms with Crippen molar-refractivity contribution in [3.8, 4) is 0 Å². The van der Waals surface area contributed by atoms with Crippen molar-refractivity contribution < 1.29 is 4.39 Å². The minimum absolute atomic E-state index is 0.143. The number of nitrogens with one attached hydrogen (secondary N) is 2. The lowest BCUT2D eigenvalue weighted by Crippen LogP contribution is -2.21. The van der Waals surface area contributed by atoms with Crippen molar-refractivity contribution in [3.63, 3.8) is 0 Å². The predicted molar refractivity (Wildman–Crippen MR) is 67.9 cm³/mol. The highest BCUT2D eigenvalue weighted by Crippen LogP contribution is 2.35. The van der Waals surface area contributed by atoms with Gasteiger partial charge >= 0.3 is 0 Å². The summed E-state index contributed by atoms with van der Waals surface area (Å²) in [7, 11) is 1.98. The molecule has 1 aliphatic rings. The van der Waals surface area contributed by atoms with Gasteiger partial charge in [-0.25, -0.2) is 4.39 Å². The molecule has 0 saturated carbocycles. The fourth-order valence-corrected chi connectivity index (χ4v) is 2.98. The monoisotopic (exact) mass is 232 g/mol. The van der Waals surface area contributed by atoms with E-state index in [-0.39, 0.29) is 5.82 Å². The zero-order valence-corrected chi connectivity index (χ0v) is 10.0. The zero-order valence-electron chi connectivity index (χ0n) is 10.0. The van der Waals surface area contributed by atoms with E-state index >= 15 is 0 Å². The van der Waals surface area contributed by atoms with Gasteiger partial charge in [0.25, 0.3) is 0 Å². The Morgan fingerprint density at radius 3 is 3.18 bits per heavy atom. The number of aromatic nitrogens is 1. The summed E-state index contributed by atoms with van der Waals surface area (Å²) >= 11 is 0. The van der Waals surface area contributed by atoms with Gasteiger partial charge in [0.15, 0.2) is 0 Å². The van der Waals surface area contributed by atoms with Crippen LogP contribution in [0.3, 0.4) is 0 Å². The number of benzene rings is 1. The molecule has 90 valence electrons. The van der Waals surface area contributed by atoms with Crippen LogP contribution in [-0.4, -0.2) is 18.6 Å². The van der Waals surface area contributed by atoms with E-state index in [1.807, 2.05) is 13.1 Å². The molecule has 0 fully saturated rings. The second kappa shape index (κ2) is 4.15. The number of fused-ring (bicyclic) bond motifs is 3. The second-order valence-corrected chi connectivity index (χ2v) is 4.85. The van der Waals surface area contributed by atoms with E-state index in [2.05, 4.69) is 10.3 Å². The van der Waals surface area contributed by atoms with Crippen LogP contribution < -0.4 is 5.32 Å². The number of hydrogen-bond acceptors (Lipinski definition) is 1. The fraction of sp³-hybridized carbons (Fsp3) is 0.429. The van der Waals surface area contributed by atoms with Crippen LogP contribution in [0.2, 0.25) is 0 Å². The first-order valence-corrected chi connectivity index (χ1v) is 6.24. The van der Waals surface area contributed by atoms with Gasteiger partial charge in [0.05, 0.1) is 0 Å². The van der Waals surface area contributed by atoms with E-state index in [0.717, 1.165) is 23.9 Å². The largest absolute Gasteiger partial charge is 0.358 e. The van der Waals surface area contributed by atoms with Crippen LogP contribution in [0, 0.1) is 5.82 Å². The molecule has 1 aliphatic carbocycles. The quantitative estimate of drug-likeness (QED) is 0.818. The van der Waals surface area contributed by atoms with Crippen LogP contribution in [0.1, 0.15) is 30.0 Å². The fourth-order valence-electron chi connectivity index (χ4n) is 2.98. The molecule has 1 aromatic heterocycles. The van der Waals surface area contributed by atoms with Crippen LogP contribution in [0.5, 0.6) is 0 Å². The minimum Gasteiger partial charge on any atom is -0.358 e. The summed E-state index contributed by atoms with van der Waals surface area (Å²) in [6, 6.07) is 5.03. The topological polar surface area (TPSA) is 27.8 Å². The number of aryl methyl sites for hydroxylation is 1. The normalized spacial score (nSPS) is 19.5. The summed E-state index contributed by atoms with van der Waals surface area (Å²) < 4.78 is 13.3. The lowest BCUT2D eigenvalue weighted by molar-refractivity contribution is 0.522. The van der Waals surface area contributed by atoms with Crippen LogP contribution >= 0.6 is 0 Å². The number of H-pyrrole nitrogens is 1. The molecular formula is C14H17FN2. The molecule has 2 aromatic rings. The van der Waals surface area contributed by atoms with E-state index in [0.29, 0.717) is 5.92 Å². The Bertz CT molecular complexity index is 544. The summed E-state index contributed by atoms with van der Waals surface area (Å²) in [5, 5.41) is 4.31. The number of hydrogen-bond donors (Lipinski definition) is 2. The molecule has 0 bridgehead atoms. The molecule has 2 nitrogen and oxygen atoms in total. The third-order valence-electron chi connectivity index (χ3n) is 3.74. The summed E-state index contributed by atoms with van der Waals surface area (Å²) in [4.78, 5) is 3.47. The zero-order chi connectivity index (χ0) is 11.8. The van der Waals surface area contributed by atoms with Gasteiger partial charge in [-0.2, -0.15) is 0 Å². The van der Waals surface area contributed by atoms with Gasteiger partial charge in [-0.15, -0.1) is 0 Å². The molecular weight excluding hydrogens is 215 g/mol. The highest BCUT2D eigenvalue weighted by molar-refractivity contribution is 5.85. The summed E-state index contributed by atoms with van der Waals surface area (Å²) in [6.45, 7) is 0.988. The van der Waals surface area contributed by atoms with Crippen molar-refractivity contribution in [1.82, 2.24) is 10.3 Å². The highest BCUT2D eigenvalue weighted by Gasteiger charge is 2.23. The van der Waals surface area contributed by atoms with Crippen LogP contribution in [0.15, 0.2) is 18.2 Å². The molecule has 0 aliphatic heterocycles. The molecule has 0 spiro atoms. The van der Waals surface area contributed by atoms with E-state index < -0.39 is 0 Å². The Morgan fingerprint density at radius 1 is 1.47 bits per heavy atom. The number of rotatable bonds is 2. The molecule has 17 heavy (non-hydrogen) atoms. The smallest absolute Gasteiger partial charge is 0.123 e. The lowest BCUT2D eigenvalue weighted by atomic mass is 9.87. The second-order valence-electron chi connectivity index (χ2n) is 4.85. The molecule has 1 atom stereocenters. The molecule has 0 saturated heterocycles. The van der Waals surface area contributed by atoms with Gasteiger partial charge in [-0.05, 0) is 50.1 Å². The molecule has 1 aromatic carbocycles. The van der Waals surface area contributed by atoms with Crippen molar-refractivity contribution in [1.29, 1.82) is 0 Å². The van der Waals surface area contributed by atoms with E-state index in [9.17, 15) is 4.39 Å². The molecule has 3 rings (SSSR count). The van der Waals surface area contributed by atoms with Gasteiger partial charge in [0.2, 0.25) is 0 Å². The average molecular weight is 232 g/mol. The first-order valence-electron chi connectivity index (χ1n) is 6.24. The van der Waals surface area contributed by atoms with E-state index in [4.69, 9.17) is 0 Å². The van der Waals surface area contributed by atoms with Crippen LogP contribution in [0.4, 0.5) is 4.39 Å². The molecule has 0 amide bonds. The van der Waals surface area contributed by atoms with E-state index in [1.165, 1.54) is 30.2 Å². The average Bonchev–Trinajstić information content (AvgIpc) is 2.69. The van der Waals surface area contributed by atoms with E-state index in [1.54, 1.807) is 6.07 Å². The third kappa shape index (κ3) is 1.75. The Labute approximate surface area is 100 Å². The first-order chi connectivity index (χ1) is 8.29. The Hall–Kier alpha value is -1.35. The standard InChI is InChI=1S/C14H17FN2/c1-16-8-9-3-2-4-11-12-7-10(15)5-6-13(12)17-14(9)11/h5-7,9,16-17H,2-4,8H2,1H3. The van der Waals surface area contributed by atoms with Crippen molar-refractivity contribution in [3.05, 3.63) is 35.3 Å². The van der Waals surface area contributed by atoms with Gasteiger partial charge in [-0.1, -0.05) is 0 Å². The summed E-state index contributed by atoms with van der Waals surface area (Å²) in [6.07, 6.45) is 3.48. The van der Waals surface area contributed by atoms with Gasteiger partial charge in [0.1, 0.15) is 5.82 Å². The summed E-state index contributed by atoms with van der Waals surface area (Å²) in [5.41, 5.74) is 3.71. The van der Waals surface area contributed by atoms with Crippen molar-refractivity contribution in [2.45, 2.75) is 25.2 Å². The predicted octanol–water partition coefficient (Wildman–Crippen LogP) is 2.95. The van der Waals surface area contributed by atoms with Gasteiger partial charge in [0, 0.05) is 29.1 Å². The highest BCUT2D eigenvalue weighted by atomic mass is 19.1. The molecule has 1 unspecified atom stereocenters. The third-order valence-corrected chi connectivity index (χ3v) is 3.74.